The monoisotopic (exact) mass is 354 g/mol. The molecule has 0 atom stereocenters. The minimum Gasteiger partial charge on any atom is -0.295 e. The lowest BCUT2D eigenvalue weighted by Crippen LogP contribution is -2.14. The van der Waals surface area contributed by atoms with Gasteiger partial charge in [-0.1, -0.05) is 12.1 Å². The lowest BCUT2D eigenvalue weighted by Gasteiger charge is -2.09. The minimum absolute atomic E-state index is 0.0164. The summed E-state index contributed by atoms with van der Waals surface area (Å²) in [4.78, 5) is 15.3. The maximum Gasteiger partial charge on any atom is 0.263 e. The van der Waals surface area contributed by atoms with Crippen molar-refractivity contribution in [3.8, 4) is 0 Å². The van der Waals surface area contributed by atoms with Crippen LogP contribution in [0.1, 0.15) is 17.3 Å². The molecule has 1 heterocycles. The second kappa shape index (κ2) is 5.72. The van der Waals surface area contributed by atoms with Crippen molar-refractivity contribution in [3.63, 3.8) is 0 Å². The molecule has 7 heteroatoms. The van der Waals surface area contributed by atoms with E-state index < -0.39 is 10.0 Å². The highest BCUT2D eigenvalue weighted by Crippen LogP contribution is 2.22. The van der Waals surface area contributed by atoms with Crippen molar-refractivity contribution in [2.75, 3.05) is 4.72 Å². The molecule has 0 amide bonds. The Hall–Kier alpha value is -1.73. The van der Waals surface area contributed by atoms with E-state index in [0.717, 1.165) is 0 Å². The first-order chi connectivity index (χ1) is 9.40. The van der Waals surface area contributed by atoms with Crippen molar-refractivity contribution in [2.24, 2.45) is 0 Å². The average Bonchev–Trinajstić information content (AvgIpc) is 2.41. The molecule has 1 aromatic heterocycles. The molecule has 0 saturated heterocycles. The second-order valence-electron chi connectivity index (χ2n) is 4.02. The average molecular weight is 355 g/mol. The van der Waals surface area contributed by atoms with Gasteiger partial charge in [0.15, 0.2) is 11.6 Å². The predicted octanol–water partition coefficient (Wildman–Crippen LogP) is 2.85. The lowest BCUT2D eigenvalue weighted by atomic mass is 10.2. The number of halogens is 1. The zero-order valence-corrected chi connectivity index (χ0v) is 12.9. The molecule has 0 bridgehead atoms. The fourth-order valence-corrected chi connectivity index (χ4v) is 3.09. The third kappa shape index (κ3) is 3.23. The first kappa shape index (κ1) is 14.7. The maximum atomic E-state index is 12.2. The van der Waals surface area contributed by atoms with Crippen LogP contribution in [0.2, 0.25) is 0 Å². The Morgan fingerprint density at radius 3 is 2.65 bits per heavy atom. The van der Waals surface area contributed by atoms with E-state index in [1.54, 1.807) is 18.2 Å². The topological polar surface area (TPSA) is 76.1 Å². The van der Waals surface area contributed by atoms with Crippen LogP contribution in [0.15, 0.2) is 52.0 Å². The molecule has 0 radical (unpaired) electrons. The predicted molar refractivity (Wildman–Crippen MR) is 79.2 cm³/mol. The number of nitrogens with one attached hydrogen (secondary N) is 1. The largest absolute Gasteiger partial charge is 0.295 e. The fraction of sp³-hybridized carbons (Fsp3) is 0.0769. The number of nitrogens with zero attached hydrogens (tertiary/aromatic N) is 1. The van der Waals surface area contributed by atoms with Crippen molar-refractivity contribution >= 4 is 37.6 Å². The highest BCUT2D eigenvalue weighted by molar-refractivity contribution is 9.10. The van der Waals surface area contributed by atoms with E-state index in [9.17, 15) is 13.2 Å². The summed E-state index contributed by atoms with van der Waals surface area (Å²) in [6, 6.07) is 9.21. The van der Waals surface area contributed by atoms with Crippen LogP contribution in [0.25, 0.3) is 0 Å². The number of aromatic nitrogens is 1. The van der Waals surface area contributed by atoms with E-state index in [0.29, 0.717) is 10.0 Å². The van der Waals surface area contributed by atoms with Gasteiger partial charge in [0.1, 0.15) is 0 Å². The molecule has 20 heavy (non-hydrogen) atoms. The first-order valence-corrected chi connectivity index (χ1v) is 7.92. The molecule has 1 aromatic carbocycles. The second-order valence-corrected chi connectivity index (χ2v) is 6.56. The van der Waals surface area contributed by atoms with Crippen molar-refractivity contribution in [2.45, 2.75) is 11.8 Å². The maximum absolute atomic E-state index is 12.2. The van der Waals surface area contributed by atoms with Crippen LogP contribution in [0.3, 0.4) is 0 Å². The van der Waals surface area contributed by atoms with E-state index in [-0.39, 0.29) is 16.5 Å². The van der Waals surface area contributed by atoms with Gasteiger partial charge in [-0.15, -0.1) is 0 Å². The Labute approximate surface area is 125 Å². The van der Waals surface area contributed by atoms with Crippen molar-refractivity contribution < 1.29 is 13.2 Å². The van der Waals surface area contributed by atoms with Crippen LogP contribution in [-0.4, -0.2) is 19.2 Å². The molecule has 0 aliphatic heterocycles. The third-order valence-corrected chi connectivity index (χ3v) is 4.52. The molecule has 2 rings (SSSR count). The van der Waals surface area contributed by atoms with E-state index >= 15 is 0 Å². The molecule has 0 saturated carbocycles. The number of rotatable bonds is 4. The zero-order chi connectivity index (χ0) is 14.8. The van der Waals surface area contributed by atoms with Gasteiger partial charge in [0, 0.05) is 11.8 Å². The summed E-state index contributed by atoms with van der Waals surface area (Å²) in [7, 11) is -3.79. The van der Waals surface area contributed by atoms with Gasteiger partial charge in [-0.3, -0.25) is 9.52 Å². The summed E-state index contributed by atoms with van der Waals surface area (Å²) >= 11 is 3.22. The van der Waals surface area contributed by atoms with Crippen molar-refractivity contribution in [1.82, 2.24) is 4.98 Å². The number of carbonyl (C=O) groups is 1. The van der Waals surface area contributed by atoms with E-state index in [1.807, 2.05) is 0 Å². The lowest BCUT2D eigenvalue weighted by molar-refractivity contribution is 0.101. The summed E-state index contributed by atoms with van der Waals surface area (Å²) in [6.07, 6.45) is 1.48. The Balaban J connectivity index is 2.38. The summed E-state index contributed by atoms with van der Waals surface area (Å²) < 4.78 is 27.4. The smallest absolute Gasteiger partial charge is 0.263 e. The van der Waals surface area contributed by atoms with Crippen LogP contribution in [-0.2, 0) is 10.0 Å². The quantitative estimate of drug-likeness (QED) is 0.856. The zero-order valence-electron chi connectivity index (χ0n) is 10.5. The highest BCUT2D eigenvalue weighted by atomic mass is 79.9. The molecule has 0 aliphatic carbocycles. The number of ketones is 1. The summed E-state index contributed by atoms with van der Waals surface area (Å²) in [5.41, 5.74) is 0.341. The fourth-order valence-electron chi connectivity index (χ4n) is 1.53. The van der Waals surface area contributed by atoms with E-state index in [4.69, 9.17) is 0 Å². The molecule has 0 unspecified atom stereocenters. The van der Waals surface area contributed by atoms with Crippen molar-refractivity contribution in [3.05, 3.63) is 52.6 Å². The van der Waals surface area contributed by atoms with Gasteiger partial charge in [-0.25, -0.2) is 13.4 Å². The number of benzene rings is 1. The Morgan fingerprint density at radius 2 is 2.00 bits per heavy atom. The standard InChI is InChI=1S/C13H11BrN2O3S/c1-9(17)10-4-2-5-11(8-10)20(18,19)16-13-12(14)6-3-7-15-13/h2-8H,1H3,(H,15,16). The number of hydrogen-bond donors (Lipinski definition) is 1. The van der Waals surface area contributed by atoms with Gasteiger partial charge in [-0.2, -0.15) is 0 Å². The van der Waals surface area contributed by atoms with Crippen LogP contribution >= 0.6 is 15.9 Å². The van der Waals surface area contributed by atoms with Gasteiger partial charge in [0.25, 0.3) is 10.0 Å². The molecule has 0 fully saturated rings. The number of pyridine rings is 1. The number of anilines is 1. The summed E-state index contributed by atoms with van der Waals surface area (Å²) in [6.45, 7) is 1.38. The van der Waals surface area contributed by atoms with Crippen LogP contribution < -0.4 is 4.72 Å². The van der Waals surface area contributed by atoms with Crippen LogP contribution in [0.5, 0.6) is 0 Å². The number of Topliss-reactive ketones (excluding diaryl/α,β-unsaturated/α-hetero) is 1. The van der Waals surface area contributed by atoms with Gasteiger partial charge in [0.2, 0.25) is 0 Å². The molecule has 0 spiro atoms. The summed E-state index contributed by atoms with van der Waals surface area (Å²) in [5.74, 6) is 0.00166. The molecule has 0 aliphatic rings. The number of hydrogen-bond acceptors (Lipinski definition) is 4. The molecular formula is C13H11BrN2O3S. The van der Waals surface area contributed by atoms with Crippen LogP contribution in [0, 0.1) is 0 Å². The van der Waals surface area contributed by atoms with Crippen LogP contribution in [0.4, 0.5) is 5.82 Å². The normalized spacial score (nSPS) is 11.1. The minimum atomic E-state index is -3.79. The molecular weight excluding hydrogens is 344 g/mol. The molecule has 5 nitrogen and oxygen atoms in total. The first-order valence-electron chi connectivity index (χ1n) is 5.64. The molecule has 104 valence electrons. The summed E-state index contributed by atoms with van der Waals surface area (Å²) in [5, 5.41) is 0. The molecule has 1 N–H and O–H groups in total. The van der Waals surface area contributed by atoms with Gasteiger partial charge in [-0.05, 0) is 47.1 Å². The Kier molecular flexibility index (Phi) is 4.20. The van der Waals surface area contributed by atoms with Gasteiger partial charge >= 0.3 is 0 Å². The number of carbonyl (C=O) groups excluding carboxylic acids is 1. The van der Waals surface area contributed by atoms with E-state index in [2.05, 4.69) is 25.6 Å². The third-order valence-electron chi connectivity index (χ3n) is 2.54. The Bertz CT molecular complexity index is 760. The number of sulfonamides is 1. The van der Waals surface area contributed by atoms with E-state index in [1.165, 1.54) is 31.3 Å². The van der Waals surface area contributed by atoms with Gasteiger partial charge in [0.05, 0.1) is 9.37 Å². The Morgan fingerprint density at radius 1 is 1.25 bits per heavy atom. The highest BCUT2D eigenvalue weighted by Gasteiger charge is 2.17. The van der Waals surface area contributed by atoms with Gasteiger partial charge < -0.3 is 0 Å². The van der Waals surface area contributed by atoms with Crippen molar-refractivity contribution in [1.29, 1.82) is 0 Å². The SMILES string of the molecule is CC(=O)c1cccc(S(=O)(=O)Nc2ncccc2Br)c1. The molecule has 2 aromatic rings.